The van der Waals surface area contributed by atoms with Crippen molar-refractivity contribution in [1.82, 2.24) is 10.2 Å². The van der Waals surface area contributed by atoms with Gasteiger partial charge in [-0.25, -0.2) is 0 Å². The Labute approximate surface area is 189 Å². The fourth-order valence-electron chi connectivity index (χ4n) is 3.32. The van der Waals surface area contributed by atoms with E-state index in [9.17, 15) is 9.59 Å². The number of carbonyl (C=O) groups excluding carboxylic acids is 2. The van der Waals surface area contributed by atoms with E-state index >= 15 is 0 Å². The predicted molar refractivity (Wildman–Crippen MR) is 124 cm³/mol. The first-order chi connectivity index (χ1) is 14.1. The molecule has 0 radical (unpaired) electrons. The minimum atomic E-state index is -0.631. The van der Waals surface area contributed by atoms with Crippen LogP contribution in [0.15, 0.2) is 36.4 Å². The van der Waals surface area contributed by atoms with Crippen LogP contribution in [0, 0.1) is 19.8 Å². The molecule has 0 aliphatic heterocycles. The second kappa shape index (κ2) is 10.8. The van der Waals surface area contributed by atoms with Crippen molar-refractivity contribution in [3.05, 3.63) is 68.7 Å². The van der Waals surface area contributed by atoms with Crippen molar-refractivity contribution in [3.8, 4) is 0 Å². The Balaban J connectivity index is 2.28. The lowest BCUT2D eigenvalue weighted by Gasteiger charge is -2.29. The van der Waals surface area contributed by atoms with Crippen LogP contribution in [0.3, 0.4) is 0 Å². The molecule has 162 valence electrons. The summed E-state index contributed by atoms with van der Waals surface area (Å²) in [6.45, 7) is 10.6. The molecule has 4 nitrogen and oxygen atoms in total. The van der Waals surface area contributed by atoms with E-state index in [0.29, 0.717) is 22.5 Å². The van der Waals surface area contributed by atoms with Gasteiger partial charge in [-0.15, -0.1) is 0 Å². The summed E-state index contributed by atoms with van der Waals surface area (Å²) in [5.41, 5.74) is 3.89. The summed E-state index contributed by atoms with van der Waals surface area (Å²) in [4.78, 5) is 27.6. The molecular formula is C24H30Cl2N2O2. The Kier molecular flexibility index (Phi) is 8.75. The lowest BCUT2D eigenvalue weighted by Crippen LogP contribution is -2.48. The van der Waals surface area contributed by atoms with Gasteiger partial charge in [0, 0.05) is 23.1 Å². The lowest BCUT2D eigenvalue weighted by molar-refractivity contribution is -0.140. The number of hydrogen-bond donors (Lipinski definition) is 1. The molecule has 0 bridgehead atoms. The van der Waals surface area contributed by atoms with Crippen molar-refractivity contribution in [2.45, 2.75) is 53.6 Å². The van der Waals surface area contributed by atoms with Gasteiger partial charge in [0.05, 0.1) is 6.42 Å². The number of amides is 2. The van der Waals surface area contributed by atoms with Crippen molar-refractivity contribution < 1.29 is 9.59 Å². The van der Waals surface area contributed by atoms with Gasteiger partial charge >= 0.3 is 0 Å². The summed E-state index contributed by atoms with van der Waals surface area (Å²) in [5, 5.41) is 3.92. The van der Waals surface area contributed by atoms with Crippen molar-refractivity contribution in [3.63, 3.8) is 0 Å². The summed E-state index contributed by atoms with van der Waals surface area (Å²) in [7, 11) is 0. The molecule has 6 heteroatoms. The van der Waals surface area contributed by atoms with E-state index in [0.717, 1.165) is 22.3 Å². The number of nitrogens with zero attached hydrogens (tertiary/aromatic N) is 1. The third-order valence-corrected chi connectivity index (χ3v) is 5.43. The molecule has 0 spiro atoms. The van der Waals surface area contributed by atoms with Crippen molar-refractivity contribution in [1.29, 1.82) is 0 Å². The van der Waals surface area contributed by atoms with Crippen LogP contribution in [-0.4, -0.2) is 29.3 Å². The molecule has 2 rings (SSSR count). The normalized spacial score (nSPS) is 12.0. The number of nitrogens with one attached hydrogen (secondary N) is 1. The number of aryl methyl sites for hydroxylation is 2. The molecule has 0 aliphatic carbocycles. The molecule has 0 saturated heterocycles. The third kappa shape index (κ3) is 7.03. The van der Waals surface area contributed by atoms with E-state index < -0.39 is 6.04 Å². The van der Waals surface area contributed by atoms with Gasteiger partial charge in [0.25, 0.3) is 0 Å². The first-order valence-corrected chi connectivity index (χ1v) is 10.9. The fraction of sp³-hybridized carbons (Fsp3) is 0.417. The maximum Gasteiger partial charge on any atom is 0.242 e. The van der Waals surface area contributed by atoms with Gasteiger partial charge in [-0.3, -0.25) is 9.59 Å². The second-order valence-corrected chi connectivity index (χ2v) is 9.09. The number of benzene rings is 2. The van der Waals surface area contributed by atoms with Gasteiger partial charge in [-0.1, -0.05) is 72.4 Å². The molecule has 0 saturated carbocycles. The van der Waals surface area contributed by atoms with Crippen LogP contribution in [0.4, 0.5) is 0 Å². The highest BCUT2D eigenvalue weighted by Crippen LogP contribution is 2.24. The largest absolute Gasteiger partial charge is 0.354 e. The van der Waals surface area contributed by atoms with Crippen molar-refractivity contribution in [2.24, 2.45) is 5.92 Å². The van der Waals surface area contributed by atoms with Gasteiger partial charge in [0.15, 0.2) is 0 Å². The maximum atomic E-state index is 13.3. The van der Waals surface area contributed by atoms with E-state index in [2.05, 4.69) is 11.4 Å². The molecule has 2 aromatic carbocycles. The molecular weight excluding hydrogens is 419 g/mol. The number of rotatable bonds is 8. The van der Waals surface area contributed by atoms with Crippen LogP contribution >= 0.6 is 23.2 Å². The van der Waals surface area contributed by atoms with Crippen molar-refractivity contribution >= 4 is 35.0 Å². The van der Waals surface area contributed by atoms with E-state index in [-0.39, 0.29) is 24.8 Å². The highest BCUT2D eigenvalue weighted by molar-refractivity contribution is 6.35. The van der Waals surface area contributed by atoms with Crippen LogP contribution in [0.25, 0.3) is 0 Å². The Bertz CT molecular complexity index is 892. The topological polar surface area (TPSA) is 49.4 Å². The molecule has 0 aliphatic rings. The minimum absolute atomic E-state index is 0.127. The van der Waals surface area contributed by atoms with Crippen molar-refractivity contribution in [2.75, 3.05) is 6.54 Å². The Morgan fingerprint density at radius 1 is 1.00 bits per heavy atom. The van der Waals surface area contributed by atoms with Gasteiger partial charge in [0.1, 0.15) is 6.04 Å². The first kappa shape index (κ1) is 24.2. The average molecular weight is 449 g/mol. The zero-order valence-electron chi connectivity index (χ0n) is 18.3. The molecule has 1 N–H and O–H groups in total. The van der Waals surface area contributed by atoms with Gasteiger partial charge in [-0.2, -0.15) is 0 Å². The fourth-order valence-corrected chi connectivity index (χ4v) is 3.78. The molecule has 2 aromatic rings. The third-order valence-electron chi connectivity index (χ3n) is 4.84. The Hall–Kier alpha value is -2.04. The van der Waals surface area contributed by atoms with Gasteiger partial charge in [0.2, 0.25) is 11.8 Å². The zero-order chi connectivity index (χ0) is 22.4. The summed E-state index contributed by atoms with van der Waals surface area (Å²) in [6.07, 6.45) is 0.218. The molecule has 30 heavy (non-hydrogen) atoms. The maximum absolute atomic E-state index is 13.3. The number of carbonyl (C=O) groups is 2. The summed E-state index contributed by atoms with van der Waals surface area (Å²) < 4.78 is 0. The van der Waals surface area contributed by atoms with E-state index in [1.54, 1.807) is 30.0 Å². The average Bonchev–Trinajstić information content (AvgIpc) is 2.64. The monoisotopic (exact) mass is 448 g/mol. The lowest BCUT2D eigenvalue weighted by atomic mass is 10.0. The Morgan fingerprint density at radius 3 is 2.20 bits per heavy atom. The minimum Gasteiger partial charge on any atom is -0.354 e. The SMILES string of the molecule is Cc1cc(C)cc(CC(=O)N(Cc2ccc(Cl)cc2Cl)[C@H](C)C(=O)NCC(C)C)c1. The summed E-state index contributed by atoms with van der Waals surface area (Å²) >= 11 is 12.4. The second-order valence-electron chi connectivity index (χ2n) is 8.25. The summed E-state index contributed by atoms with van der Waals surface area (Å²) in [6, 6.07) is 10.6. The number of halogens is 2. The highest BCUT2D eigenvalue weighted by Gasteiger charge is 2.27. The van der Waals surface area contributed by atoms with Crippen LogP contribution in [0.2, 0.25) is 10.0 Å². The highest BCUT2D eigenvalue weighted by atomic mass is 35.5. The molecule has 1 atom stereocenters. The molecule has 2 amide bonds. The van der Waals surface area contributed by atoms with Crippen LogP contribution in [-0.2, 0) is 22.6 Å². The zero-order valence-corrected chi connectivity index (χ0v) is 19.8. The quantitative estimate of drug-likeness (QED) is 0.591. The van der Waals surface area contributed by atoms with Crippen LogP contribution in [0.1, 0.15) is 43.0 Å². The number of hydrogen-bond acceptors (Lipinski definition) is 2. The smallest absolute Gasteiger partial charge is 0.242 e. The first-order valence-electron chi connectivity index (χ1n) is 10.1. The van der Waals surface area contributed by atoms with Crippen LogP contribution < -0.4 is 5.32 Å². The standard InChI is InChI=1S/C24H30Cl2N2O2/c1-15(2)13-27-24(30)18(5)28(14-20-6-7-21(25)12-22(20)26)23(29)11-19-9-16(3)8-17(4)10-19/h6-10,12,15,18H,11,13-14H2,1-5H3,(H,27,30)/t18-/m1/s1. The molecule has 0 fully saturated rings. The van der Waals surface area contributed by atoms with Crippen LogP contribution in [0.5, 0.6) is 0 Å². The summed E-state index contributed by atoms with van der Waals surface area (Å²) in [5.74, 6) is 0.0204. The molecule has 0 heterocycles. The Morgan fingerprint density at radius 2 is 1.63 bits per heavy atom. The molecule has 0 unspecified atom stereocenters. The van der Waals surface area contributed by atoms with E-state index in [1.807, 2.05) is 39.8 Å². The predicted octanol–water partition coefficient (Wildman–Crippen LogP) is 5.34. The van der Waals surface area contributed by atoms with Gasteiger partial charge < -0.3 is 10.2 Å². The van der Waals surface area contributed by atoms with E-state index in [1.165, 1.54) is 0 Å². The molecule has 0 aromatic heterocycles. The van der Waals surface area contributed by atoms with E-state index in [4.69, 9.17) is 23.2 Å². The van der Waals surface area contributed by atoms with Gasteiger partial charge in [-0.05, 0) is 49.9 Å².